The van der Waals surface area contributed by atoms with Crippen molar-refractivity contribution in [2.75, 3.05) is 26.2 Å². The predicted octanol–water partition coefficient (Wildman–Crippen LogP) is 0.837. The van der Waals surface area contributed by atoms with Gasteiger partial charge < -0.3 is 15.2 Å². The lowest BCUT2D eigenvalue weighted by Crippen LogP contribution is -2.40. The van der Waals surface area contributed by atoms with Crippen molar-refractivity contribution in [1.82, 2.24) is 15.2 Å². The molecule has 5 heteroatoms. The number of H-pyrrole nitrogens is 1. The second-order valence-electron chi connectivity index (χ2n) is 4.95. The van der Waals surface area contributed by atoms with Gasteiger partial charge in [0.1, 0.15) is 5.56 Å². The average molecular weight is 263 g/mol. The molecular weight excluding hydrogens is 242 g/mol. The van der Waals surface area contributed by atoms with Crippen molar-refractivity contribution in [2.24, 2.45) is 5.92 Å². The smallest absolute Gasteiger partial charge is 0.260 e. The van der Waals surface area contributed by atoms with Crippen LogP contribution >= 0.6 is 0 Å². The van der Waals surface area contributed by atoms with Gasteiger partial charge in [0.05, 0.1) is 0 Å². The minimum absolute atomic E-state index is 0.164. The van der Waals surface area contributed by atoms with Crippen LogP contribution in [0.3, 0.4) is 0 Å². The fraction of sp³-hybridized carbons (Fsp3) is 0.571. The van der Waals surface area contributed by atoms with Gasteiger partial charge in [-0.05, 0) is 50.9 Å². The molecule has 2 heterocycles. The van der Waals surface area contributed by atoms with Crippen LogP contribution in [0, 0.1) is 5.92 Å². The zero-order valence-electron chi connectivity index (χ0n) is 11.3. The minimum Gasteiger partial charge on any atom is -0.338 e. The van der Waals surface area contributed by atoms with E-state index in [0.717, 1.165) is 32.5 Å². The van der Waals surface area contributed by atoms with Crippen LogP contribution in [-0.4, -0.2) is 42.0 Å². The Hall–Kier alpha value is -1.62. The van der Waals surface area contributed by atoms with Crippen LogP contribution in [-0.2, 0) is 0 Å². The number of hydrogen-bond acceptors (Lipinski definition) is 3. The average Bonchev–Trinajstić information content (AvgIpc) is 2.46. The number of nitrogens with zero attached hydrogens (tertiary/aromatic N) is 1. The highest BCUT2D eigenvalue weighted by Crippen LogP contribution is 2.14. The van der Waals surface area contributed by atoms with Gasteiger partial charge in [-0.3, -0.25) is 9.59 Å². The van der Waals surface area contributed by atoms with Crippen molar-refractivity contribution in [3.63, 3.8) is 0 Å². The molecule has 0 radical (unpaired) electrons. The van der Waals surface area contributed by atoms with Gasteiger partial charge in [-0.2, -0.15) is 0 Å². The van der Waals surface area contributed by atoms with E-state index < -0.39 is 0 Å². The number of carbonyl (C=O) groups excluding carboxylic acids is 1. The molecule has 1 aliphatic heterocycles. The molecule has 19 heavy (non-hydrogen) atoms. The molecule has 0 bridgehead atoms. The maximum atomic E-state index is 12.4. The Morgan fingerprint density at radius 3 is 2.79 bits per heavy atom. The lowest BCUT2D eigenvalue weighted by molar-refractivity contribution is 0.0725. The van der Waals surface area contributed by atoms with Crippen LogP contribution in [0.15, 0.2) is 23.1 Å². The highest BCUT2D eigenvalue weighted by atomic mass is 16.2. The van der Waals surface area contributed by atoms with Gasteiger partial charge in [0.15, 0.2) is 0 Å². The first-order chi connectivity index (χ1) is 9.22. The number of rotatable bonds is 4. The fourth-order valence-corrected chi connectivity index (χ4v) is 2.49. The number of aromatic amines is 1. The molecule has 1 fully saturated rings. The van der Waals surface area contributed by atoms with E-state index in [2.05, 4.69) is 10.3 Å². The lowest BCUT2D eigenvalue weighted by Gasteiger charge is -2.29. The van der Waals surface area contributed by atoms with Crippen LogP contribution < -0.4 is 10.9 Å². The zero-order chi connectivity index (χ0) is 13.7. The number of nitrogens with one attached hydrogen (secondary N) is 2. The van der Waals surface area contributed by atoms with Gasteiger partial charge in [-0.1, -0.05) is 0 Å². The van der Waals surface area contributed by atoms with E-state index >= 15 is 0 Å². The predicted molar refractivity (Wildman–Crippen MR) is 74.2 cm³/mol. The monoisotopic (exact) mass is 263 g/mol. The van der Waals surface area contributed by atoms with Crippen LogP contribution in [0.5, 0.6) is 0 Å². The lowest BCUT2D eigenvalue weighted by atomic mass is 9.97. The van der Waals surface area contributed by atoms with E-state index in [1.165, 1.54) is 0 Å². The number of piperidine rings is 1. The Balaban J connectivity index is 2.06. The van der Waals surface area contributed by atoms with Crippen molar-refractivity contribution in [2.45, 2.75) is 19.8 Å². The Labute approximate surface area is 113 Å². The normalized spacial score (nSPS) is 16.3. The SMILES string of the molecule is CCN(CC1CCNCC1)C(=O)c1ccc[nH]c1=O. The summed E-state index contributed by atoms with van der Waals surface area (Å²) in [7, 11) is 0. The number of hydrogen-bond donors (Lipinski definition) is 2. The van der Waals surface area contributed by atoms with E-state index in [-0.39, 0.29) is 17.0 Å². The Morgan fingerprint density at radius 2 is 2.16 bits per heavy atom. The van der Waals surface area contributed by atoms with Gasteiger partial charge in [0.2, 0.25) is 0 Å². The molecule has 1 amide bonds. The second-order valence-corrected chi connectivity index (χ2v) is 4.95. The van der Waals surface area contributed by atoms with Crippen molar-refractivity contribution in [1.29, 1.82) is 0 Å². The molecule has 0 atom stereocenters. The molecule has 1 aliphatic rings. The van der Waals surface area contributed by atoms with Crippen LogP contribution in [0.25, 0.3) is 0 Å². The summed E-state index contributed by atoms with van der Waals surface area (Å²) >= 11 is 0. The number of carbonyl (C=O) groups is 1. The summed E-state index contributed by atoms with van der Waals surface area (Å²) in [5.74, 6) is 0.371. The molecule has 5 nitrogen and oxygen atoms in total. The summed E-state index contributed by atoms with van der Waals surface area (Å²) in [6.45, 7) is 5.36. The summed E-state index contributed by atoms with van der Waals surface area (Å²) in [6.07, 6.45) is 3.73. The molecule has 0 aliphatic carbocycles. The molecule has 2 N–H and O–H groups in total. The maximum Gasteiger partial charge on any atom is 0.260 e. The van der Waals surface area contributed by atoms with Gasteiger partial charge >= 0.3 is 0 Å². The third kappa shape index (κ3) is 3.44. The van der Waals surface area contributed by atoms with E-state index in [0.29, 0.717) is 12.5 Å². The standard InChI is InChI=1S/C14H21N3O2/c1-2-17(10-11-5-8-15-9-6-11)14(19)12-4-3-7-16-13(12)18/h3-4,7,11,15H,2,5-6,8-10H2,1H3,(H,16,18). The van der Waals surface area contributed by atoms with Gasteiger partial charge in [-0.25, -0.2) is 0 Å². The molecule has 2 rings (SSSR count). The molecule has 104 valence electrons. The maximum absolute atomic E-state index is 12.4. The number of pyridine rings is 1. The molecule has 0 saturated carbocycles. The van der Waals surface area contributed by atoms with Crippen molar-refractivity contribution in [3.8, 4) is 0 Å². The summed E-state index contributed by atoms with van der Waals surface area (Å²) < 4.78 is 0. The topological polar surface area (TPSA) is 65.2 Å². The highest BCUT2D eigenvalue weighted by Gasteiger charge is 2.22. The van der Waals surface area contributed by atoms with E-state index in [9.17, 15) is 9.59 Å². The van der Waals surface area contributed by atoms with Crippen molar-refractivity contribution >= 4 is 5.91 Å². The summed E-state index contributed by atoms with van der Waals surface area (Å²) in [4.78, 5) is 28.3. The number of aromatic nitrogens is 1. The van der Waals surface area contributed by atoms with Crippen LogP contribution in [0.1, 0.15) is 30.1 Å². The Kier molecular flexibility index (Phi) is 4.74. The van der Waals surface area contributed by atoms with Crippen LogP contribution in [0.2, 0.25) is 0 Å². The molecule has 0 spiro atoms. The third-order valence-electron chi connectivity index (χ3n) is 3.65. The Bertz CT molecular complexity index is 478. The molecule has 0 unspecified atom stereocenters. The molecule has 0 aromatic carbocycles. The number of amides is 1. The summed E-state index contributed by atoms with van der Waals surface area (Å²) in [6, 6.07) is 3.28. The van der Waals surface area contributed by atoms with Gasteiger partial charge in [0.25, 0.3) is 11.5 Å². The third-order valence-corrected chi connectivity index (χ3v) is 3.65. The first-order valence-corrected chi connectivity index (χ1v) is 6.90. The van der Waals surface area contributed by atoms with Crippen molar-refractivity contribution in [3.05, 3.63) is 34.2 Å². The highest BCUT2D eigenvalue weighted by molar-refractivity contribution is 5.93. The first kappa shape index (κ1) is 13.8. The molecular formula is C14H21N3O2. The molecule has 1 aromatic rings. The molecule has 1 saturated heterocycles. The van der Waals surface area contributed by atoms with Gasteiger partial charge in [-0.15, -0.1) is 0 Å². The molecule has 1 aromatic heterocycles. The van der Waals surface area contributed by atoms with Crippen LogP contribution in [0.4, 0.5) is 0 Å². The van der Waals surface area contributed by atoms with E-state index in [1.54, 1.807) is 23.2 Å². The first-order valence-electron chi connectivity index (χ1n) is 6.90. The second kappa shape index (κ2) is 6.52. The quantitative estimate of drug-likeness (QED) is 0.846. The minimum atomic E-state index is -0.309. The Morgan fingerprint density at radius 1 is 1.42 bits per heavy atom. The zero-order valence-corrected chi connectivity index (χ0v) is 11.3. The van der Waals surface area contributed by atoms with Crippen molar-refractivity contribution < 1.29 is 4.79 Å². The summed E-state index contributed by atoms with van der Waals surface area (Å²) in [5.41, 5.74) is -0.0745. The van der Waals surface area contributed by atoms with Gasteiger partial charge in [0, 0.05) is 19.3 Å². The fourth-order valence-electron chi connectivity index (χ4n) is 2.49. The van der Waals surface area contributed by atoms with E-state index in [1.807, 2.05) is 6.92 Å². The largest absolute Gasteiger partial charge is 0.338 e. The van der Waals surface area contributed by atoms with E-state index in [4.69, 9.17) is 0 Å². The summed E-state index contributed by atoms with van der Waals surface area (Å²) in [5, 5.41) is 3.32.